The molecule has 0 spiro atoms. The van der Waals surface area contributed by atoms with E-state index in [1.807, 2.05) is 13.8 Å². The van der Waals surface area contributed by atoms with E-state index < -0.39 is 0 Å². The van der Waals surface area contributed by atoms with Gasteiger partial charge in [0.2, 0.25) is 0 Å². The van der Waals surface area contributed by atoms with Crippen molar-refractivity contribution in [3.8, 4) is 0 Å². The minimum Gasteiger partial charge on any atom is -0.362 e. The zero-order valence-corrected chi connectivity index (χ0v) is 13.8. The van der Waals surface area contributed by atoms with E-state index in [-0.39, 0.29) is 0 Å². The van der Waals surface area contributed by atoms with Gasteiger partial charge in [0.25, 0.3) is 0 Å². The van der Waals surface area contributed by atoms with Crippen LogP contribution in [0.4, 0.5) is 5.82 Å². The summed E-state index contributed by atoms with van der Waals surface area (Å²) in [4.78, 5) is 8.78. The molecule has 2 aromatic heterocycles. The van der Waals surface area contributed by atoms with Crippen LogP contribution in [0, 0.1) is 6.92 Å². The second kappa shape index (κ2) is 6.60. The van der Waals surface area contributed by atoms with E-state index in [2.05, 4.69) is 30.0 Å². The van der Waals surface area contributed by atoms with Crippen molar-refractivity contribution >= 4 is 17.4 Å². The SMILES string of the molecule is CCc1nc(Cl)c(C)c(NCc2nnc3n2CCCCC3)n1. The first-order chi connectivity index (χ1) is 10.7. The summed E-state index contributed by atoms with van der Waals surface area (Å²) in [6.07, 6.45) is 5.43. The highest BCUT2D eigenvalue weighted by atomic mass is 35.5. The van der Waals surface area contributed by atoms with Crippen LogP contribution in [0.3, 0.4) is 0 Å². The average molecular weight is 321 g/mol. The summed E-state index contributed by atoms with van der Waals surface area (Å²) in [5.41, 5.74) is 0.870. The lowest BCUT2D eigenvalue weighted by Crippen LogP contribution is -2.12. The van der Waals surface area contributed by atoms with Crippen LogP contribution in [-0.2, 0) is 25.9 Å². The summed E-state index contributed by atoms with van der Waals surface area (Å²) in [5.74, 6) is 3.59. The molecule has 0 saturated carbocycles. The van der Waals surface area contributed by atoms with Crippen LogP contribution in [0.5, 0.6) is 0 Å². The molecule has 0 unspecified atom stereocenters. The second-order valence-electron chi connectivity index (χ2n) is 5.61. The molecule has 2 aromatic rings. The molecule has 1 aliphatic rings. The summed E-state index contributed by atoms with van der Waals surface area (Å²) in [6.45, 7) is 5.55. The third-order valence-electron chi connectivity index (χ3n) is 4.05. The van der Waals surface area contributed by atoms with Crippen LogP contribution in [-0.4, -0.2) is 24.7 Å². The fourth-order valence-corrected chi connectivity index (χ4v) is 2.89. The lowest BCUT2D eigenvalue weighted by molar-refractivity contribution is 0.609. The Kier molecular flexibility index (Phi) is 4.57. The minimum atomic E-state index is 0.509. The molecule has 0 aromatic carbocycles. The normalized spacial score (nSPS) is 14.5. The number of aryl methyl sites for hydroxylation is 2. The molecule has 6 nitrogen and oxygen atoms in total. The number of nitrogens with zero attached hydrogens (tertiary/aromatic N) is 5. The first-order valence-electron chi connectivity index (χ1n) is 7.87. The molecule has 118 valence electrons. The average Bonchev–Trinajstić information content (AvgIpc) is 2.75. The van der Waals surface area contributed by atoms with Gasteiger partial charge in [0.15, 0.2) is 5.82 Å². The maximum Gasteiger partial charge on any atom is 0.152 e. The quantitative estimate of drug-likeness (QED) is 0.877. The van der Waals surface area contributed by atoms with Crippen LogP contribution >= 0.6 is 11.6 Å². The Hall–Kier alpha value is -1.69. The van der Waals surface area contributed by atoms with Gasteiger partial charge in [0.1, 0.15) is 22.6 Å². The predicted molar refractivity (Wildman–Crippen MR) is 86.1 cm³/mol. The van der Waals surface area contributed by atoms with E-state index in [0.717, 1.165) is 48.2 Å². The Morgan fingerprint density at radius 1 is 1.18 bits per heavy atom. The maximum atomic E-state index is 6.17. The molecule has 0 atom stereocenters. The first kappa shape index (κ1) is 15.2. The molecule has 0 saturated heterocycles. The lowest BCUT2D eigenvalue weighted by atomic mass is 10.2. The zero-order chi connectivity index (χ0) is 15.5. The highest BCUT2D eigenvalue weighted by Gasteiger charge is 2.15. The number of nitrogens with one attached hydrogen (secondary N) is 1. The van der Waals surface area contributed by atoms with Gasteiger partial charge < -0.3 is 9.88 Å². The molecule has 0 bridgehead atoms. The Bertz CT molecular complexity index is 666. The van der Waals surface area contributed by atoms with Gasteiger partial charge >= 0.3 is 0 Å². The van der Waals surface area contributed by atoms with Gasteiger partial charge in [-0.3, -0.25) is 0 Å². The molecule has 3 rings (SSSR count). The summed E-state index contributed by atoms with van der Waals surface area (Å²) in [7, 11) is 0. The predicted octanol–water partition coefficient (Wildman–Crippen LogP) is 2.93. The van der Waals surface area contributed by atoms with Crippen molar-refractivity contribution in [2.45, 2.75) is 59.0 Å². The number of hydrogen-bond donors (Lipinski definition) is 1. The third-order valence-corrected chi connectivity index (χ3v) is 4.42. The van der Waals surface area contributed by atoms with E-state index in [1.54, 1.807) is 0 Å². The monoisotopic (exact) mass is 320 g/mol. The maximum absolute atomic E-state index is 6.17. The lowest BCUT2D eigenvalue weighted by Gasteiger charge is -2.12. The van der Waals surface area contributed by atoms with Crippen LogP contribution in [0.15, 0.2) is 0 Å². The van der Waals surface area contributed by atoms with E-state index in [9.17, 15) is 0 Å². The minimum absolute atomic E-state index is 0.509. The molecule has 0 amide bonds. The largest absolute Gasteiger partial charge is 0.362 e. The van der Waals surface area contributed by atoms with Gasteiger partial charge in [-0.1, -0.05) is 24.9 Å². The highest BCUT2D eigenvalue weighted by molar-refractivity contribution is 6.30. The van der Waals surface area contributed by atoms with Crippen LogP contribution in [0.2, 0.25) is 5.15 Å². The number of aromatic nitrogens is 5. The molecular weight excluding hydrogens is 300 g/mol. The fraction of sp³-hybridized carbons (Fsp3) is 0.600. The van der Waals surface area contributed by atoms with Gasteiger partial charge in [-0.15, -0.1) is 10.2 Å². The number of hydrogen-bond acceptors (Lipinski definition) is 5. The van der Waals surface area contributed by atoms with Gasteiger partial charge in [-0.25, -0.2) is 9.97 Å². The Morgan fingerprint density at radius 2 is 2.05 bits per heavy atom. The fourth-order valence-electron chi connectivity index (χ4n) is 2.70. The van der Waals surface area contributed by atoms with Gasteiger partial charge in [-0.2, -0.15) is 0 Å². The number of fused-ring (bicyclic) bond motifs is 1. The summed E-state index contributed by atoms with van der Waals surface area (Å²) < 4.78 is 2.23. The van der Waals surface area contributed by atoms with Crippen molar-refractivity contribution in [2.24, 2.45) is 0 Å². The summed E-state index contributed by atoms with van der Waals surface area (Å²) in [6, 6.07) is 0. The standard InChI is InChI=1S/C15H21ClN6/c1-3-11-18-14(16)10(2)15(19-11)17-9-13-21-20-12-7-5-4-6-8-22(12)13/h3-9H2,1-2H3,(H,17,18,19). The van der Waals surface area contributed by atoms with Gasteiger partial charge in [-0.05, 0) is 19.8 Å². The van der Waals surface area contributed by atoms with Crippen LogP contribution in [0.1, 0.15) is 49.2 Å². The van der Waals surface area contributed by atoms with Crippen LogP contribution in [0.25, 0.3) is 0 Å². The Labute approximate surface area is 135 Å². The van der Waals surface area contributed by atoms with Crippen molar-refractivity contribution in [1.29, 1.82) is 0 Å². The number of anilines is 1. The van der Waals surface area contributed by atoms with Crippen molar-refractivity contribution in [3.05, 3.63) is 28.2 Å². The van der Waals surface area contributed by atoms with Crippen LogP contribution < -0.4 is 5.32 Å². The third kappa shape index (κ3) is 3.06. The molecule has 1 N–H and O–H groups in total. The smallest absolute Gasteiger partial charge is 0.152 e. The van der Waals surface area contributed by atoms with E-state index in [0.29, 0.717) is 11.7 Å². The number of rotatable bonds is 4. The Morgan fingerprint density at radius 3 is 2.86 bits per heavy atom. The second-order valence-corrected chi connectivity index (χ2v) is 5.96. The zero-order valence-electron chi connectivity index (χ0n) is 13.1. The van der Waals surface area contributed by atoms with Crippen molar-refractivity contribution in [3.63, 3.8) is 0 Å². The van der Waals surface area contributed by atoms with Gasteiger partial charge in [0.05, 0.1) is 6.54 Å². The van der Waals surface area contributed by atoms with Crippen molar-refractivity contribution < 1.29 is 0 Å². The molecule has 22 heavy (non-hydrogen) atoms. The van der Waals surface area contributed by atoms with E-state index in [4.69, 9.17) is 11.6 Å². The molecule has 0 aliphatic carbocycles. The first-order valence-corrected chi connectivity index (χ1v) is 8.24. The molecule has 7 heteroatoms. The topological polar surface area (TPSA) is 68.5 Å². The van der Waals surface area contributed by atoms with Crippen molar-refractivity contribution in [2.75, 3.05) is 5.32 Å². The van der Waals surface area contributed by atoms with Crippen molar-refractivity contribution in [1.82, 2.24) is 24.7 Å². The number of halogens is 1. The molecule has 1 aliphatic heterocycles. The van der Waals surface area contributed by atoms with E-state index in [1.165, 1.54) is 19.3 Å². The summed E-state index contributed by atoms with van der Waals surface area (Å²) in [5, 5.41) is 12.5. The molecular formula is C15H21ClN6. The molecule has 0 fully saturated rings. The summed E-state index contributed by atoms with van der Waals surface area (Å²) >= 11 is 6.17. The molecule has 0 radical (unpaired) electrons. The van der Waals surface area contributed by atoms with Gasteiger partial charge in [0, 0.05) is 24.9 Å². The Balaban J connectivity index is 1.78. The highest BCUT2D eigenvalue weighted by Crippen LogP contribution is 2.21. The molecule has 3 heterocycles. The van der Waals surface area contributed by atoms with E-state index >= 15 is 0 Å².